The van der Waals surface area contributed by atoms with E-state index >= 15 is 0 Å². The first-order chi connectivity index (χ1) is 4.25. The molecule has 1 atom stereocenters. The Labute approximate surface area is 59.0 Å². The van der Waals surface area contributed by atoms with E-state index in [2.05, 4.69) is 12.6 Å². The van der Waals surface area contributed by atoms with Gasteiger partial charge in [0, 0.05) is 12.2 Å². The van der Waals surface area contributed by atoms with Crippen molar-refractivity contribution in [2.45, 2.75) is 18.9 Å². The number of carbonyl (C=O) groups is 1. The molecule has 9 heavy (non-hydrogen) atoms. The first-order valence-electron chi connectivity index (χ1n) is 2.87. The van der Waals surface area contributed by atoms with Gasteiger partial charge in [-0.3, -0.25) is 10.0 Å². The molecule has 1 amide bonds. The molecule has 0 aromatic carbocycles. The van der Waals surface area contributed by atoms with Crippen molar-refractivity contribution in [2.75, 3.05) is 5.75 Å². The number of hydroxylamine groups is 2. The van der Waals surface area contributed by atoms with Crippen molar-refractivity contribution in [2.24, 2.45) is 0 Å². The quantitative estimate of drug-likeness (QED) is 0.413. The molecule has 4 heteroatoms. The lowest BCUT2D eigenvalue weighted by Gasteiger charge is -2.13. The third kappa shape index (κ3) is 1.19. The standard InChI is InChI=1S/C5H9NO2S/c7-5-2-1-4(3-9)6(5)8/h4,8-9H,1-3H2. The SMILES string of the molecule is O=C1CCC(CS)N1O. The van der Waals surface area contributed by atoms with E-state index in [9.17, 15) is 4.79 Å². The number of rotatable bonds is 1. The smallest absolute Gasteiger partial charge is 0.246 e. The Morgan fingerprint density at radius 3 is 2.78 bits per heavy atom. The van der Waals surface area contributed by atoms with Gasteiger partial charge in [-0.15, -0.1) is 0 Å². The molecule has 0 aliphatic carbocycles. The average Bonchev–Trinajstić information content (AvgIpc) is 2.15. The van der Waals surface area contributed by atoms with Gasteiger partial charge in [0.25, 0.3) is 0 Å². The maximum atomic E-state index is 10.6. The highest BCUT2D eigenvalue weighted by atomic mass is 32.1. The van der Waals surface area contributed by atoms with Crippen molar-refractivity contribution >= 4 is 18.5 Å². The van der Waals surface area contributed by atoms with Crippen molar-refractivity contribution in [3.05, 3.63) is 0 Å². The van der Waals surface area contributed by atoms with Crippen LogP contribution in [0.2, 0.25) is 0 Å². The van der Waals surface area contributed by atoms with E-state index in [1.165, 1.54) is 0 Å². The maximum absolute atomic E-state index is 10.6. The zero-order valence-electron chi connectivity index (χ0n) is 4.95. The average molecular weight is 147 g/mol. The second kappa shape index (κ2) is 2.58. The minimum atomic E-state index is -0.186. The van der Waals surface area contributed by atoms with E-state index in [4.69, 9.17) is 5.21 Å². The fourth-order valence-electron chi connectivity index (χ4n) is 0.899. The monoisotopic (exact) mass is 147 g/mol. The Morgan fingerprint density at radius 1 is 1.89 bits per heavy atom. The number of nitrogens with zero attached hydrogens (tertiary/aromatic N) is 1. The van der Waals surface area contributed by atoms with E-state index < -0.39 is 0 Å². The molecule has 1 fully saturated rings. The van der Waals surface area contributed by atoms with Crippen molar-refractivity contribution in [3.63, 3.8) is 0 Å². The summed E-state index contributed by atoms with van der Waals surface area (Å²) >= 11 is 3.96. The van der Waals surface area contributed by atoms with E-state index in [1.807, 2.05) is 0 Å². The summed E-state index contributed by atoms with van der Waals surface area (Å²) in [6, 6.07) is -0.0548. The molecule has 1 heterocycles. The van der Waals surface area contributed by atoms with Gasteiger partial charge in [-0.05, 0) is 6.42 Å². The molecule has 3 nitrogen and oxygen atoms in total. The molecule has 0 saturated carbocycles. The lowest BCUT2D eigenvalue weighted by molar-refractivity contribution is -0.163. The summed E-state index contributed by atoms with van der Waals surface area (Å²) in [5, 5.41) is 9.68. The molecular weight excluding hydrogens is 138 g/mol. The van der Waals surface area contributed by atoms with Crippen LogP contribution in [0.15, 0.2) is 0 Å². The Hall–Kier alpha value is -0.220. The van der Waals surface area contributed by atoms with E-state index in [-0.39, 0.29) is 11.9 Å². The number of amides is 1. The Balaban J connectivity index is 2.51. The first kappa shape index (κ1) is 6.89. The summed E-state index contributed by atoms with van der Waals surface area (Å²) in [6.45, 7) is 0. The zero-order valence-corrected chi connectivity index (χ0v) is 5.84. The second-order valence-electron chi connectivity index (χ2n) is 2.11. The number of thiol groups is 1. The Bertz CT molecular complexity index is 128. The van der Waals surface area contributed by atoms with Gasteiger partial charge in [0.15, 0.2) is 0 Å². The molecule has 0 aromatic rings. The van der Waals surface area contributed by atoms with Crippen LogP contribution in [0.25, 0.3) is 0 Å². The molecule has 1 aliphatic rings. The summed E-state index contributed by atoms with van der Waals surface area (Å²) in [6.07, 6.45) is 1.19. The fourth-order valence-corrected chi connectivity index (χ4v) is 1.24. The van der Waals surface area contributed by atoms with Crippen LogP contribution < -0.4 is 0 Å². The molecule has 0 aromatic heterocycles. The topological polar surface area (TPSA) is 40.5 Å². The number of hydrogen-bond donors (Lipinski definition) is 2. The number of carbonyl (C=O) groups excluding carboxylic acids is 1. The van der Waals surface area contributed by atoms with Crippen molar-refractivity contribution in [1.29, 1.82) is 0 Å². The summed E-state index contributed by atoms with van der Waals surface area (Å²) in [7, 11) is 0. The highest BCUT2D eigenvalue weighted by Gasteiger charge is 2.28. The van der Waals surface area contributed by atoms with Crippen molar-refractivity contribution in [1.82, 2.24) is 5.06 Å². The Kier molecular flexibility index (Phi) is 1.97. The second-order valence-corrected chi connectivity index (χ2v) is 2.48. The van der Waals surface area contributed by atoms with Gasteiger partial charge in [0.2, 0.25) is 5.91 Å². The summed E-state index contributed by atoms with van der Waals surface area (Å²) in [4.78, 5) is 10.6. The largest absolute Gasteiger partial charge is 0.286 e. The summed E-state index contributed by atoms with van der Waals surface area (Å²) in [5.41, 5.74) is 0. The molecule has 0 radical (unpaired) electrons. The van der Waals surface area contributed by atoms with Crippen LogP contribution in [-0.2, 0) is 4.79 Å². The first-order valence-corrected chi connectivity index (χ1v) is 3.50. The van der Waals surface area contributed by atoms with Gasteiger partial charge in [0.1, 0.15) is 0 Å². The van der Waals surface area contributed by atoms with E-state index in [0.717, 1.165) is 11.5 Å². The van der Waals surface area contributed by atoms with Crippen LogP contribution in [0.1, 0.15) is 12.8 Å². The highest BCUT2D eigenvalue weighted by molar-refractivity contribution is 7.80. The predicted octanol–water partition coefficient (Wildman–Crippen LogP) is 0.296. The van der Waals surface area contributed by atoms with Crippen molar-refractivity contribution < 1.29 is 10.0 Å². The summed E-state index contributed by atoms with van der Waals surface area (Å²) in [5.74, 6) is 0.358. The van der Waals surface area contributed by atoms with Gasteiger partial charge in [0.05, 0.1) is 6.04 Å². The Morgan fingerprint density at radius 2 is 2.56 bits per heavy atom. The molecule has 0 spiro atoms. The maximum Gasteiger partial charge on any atom is 0.246 e. The van der Waals surface area contributed by atoms with Crippen LogP contribution in [0.5, 0.6) is 0 Å². The third-order valence-electron chi connectivity index (χ3n) is 1.50. The normalized spacial score (nSPS) is 27.6. The van der Waals surface area contributed by atoms with Gasteiger partial charge in [-0.2, -0.15) is 12.6 Å². The van der Waals surface area contributed by atoms with Gasteiger partial charge < -0.3 is 0 Å². The molecule has 0 bridgehead atoms. The van der Waals surface area contributed by atoms with Crippen LogP contribution in [0, 0.1) is 0 Å². The lowest BCUT2D eigenvalue weighted by atomic mass is 10.2. The minimum absolute atomic E-state index is 0.0548. The minimum Gasteiger partial charge on any atom is -0.286 e. The molecule has 1 saturated heterocycles. The van der Waals surface area contributed by atoms with Crippen LogP contribution >= 0.6 is 12.6 Å². The molecule has 1 rings (SSSR count). The van der Waals surface area contributed by atoms with E-state index in [1.54, 1.807) is 0 Å². The molecule has 1 unspecified atom stereocenters. The molecule has 52 valence electrons. The lowest BCUT2D eigenvalue weighted by Crippen LogP contribution is -2.30. The summed E-state index contributed by atoms with van der Waals surface area (Å²) < 4.78 is 0. The van der Waals surface area contributed by atoms with Gasteiger partial charge in [-0.25, -0.2) is 5.06 Å². The van der Waals surface area contributed by atoms with Crippen LogP contribution in [0.4, 0.5) is 0 Å². The molecular formula is C5H9NO2S. The number of hydrogen-bond acceptors (Lipinski definition) is 3. The van der Waals surface area contributed by atoms with Gasteiger partial charge >= 0.3 is 0 Å². The predicted molar refractivity (Wildman–Crippen MR) is 35.5 cm³/mol. The highest BCUT2D eigenvalue weighted by Crippen LogP contribution is 2.16. The van der Waals surface area contributed by atoms with Crippen molar-refractivity contribution in [3.8, 4) is 0 Å². The van der Waals surface area contributed by atoms with Gasteiger partial charge in [-0.1, -0.05) is 0 Å². The van der Waals surface area contributed by atoms with Crippen LogP contribution in [0.3, 0.4) is 0 Å². The van der Waals surface area contributed by atoms with Crippen LogP contribution in [-0.4, -0.2) is 28.0 Å². The molecule has 1 N–H and O–H groups in total. The van der Waals surface area contributed by atoms with E-state index in [0.29, 0.717) is 12.2 Å². The zero-order chi connectivity index (χ0) is 6.85. The molecule has 1 aliphatic heterocycles. The third-order valence-corrected chi connectivity index (χ3v) is 1.93. The fraction of sp³-hybridized carbons (Fsp3) is 0.800.